The van der Waals surface area contributed by atoms with Crippen molar-refractivity contribution in [1.82, 2.24) is 14.9 Å². The predicted octanol–water partition coefficient (Wildman–Crippen LogP) is 1.28. The van der Waals surface area contributed by atoms with E-state index in [1.807, 2.05) is 0 Å². The van der Waals surface area contributed by atoms with Crippen LogP contribution in [-0.4, -0.2) is 31.9 Å². The molecule has 1 aliphatic rings. The minimum Gasteiger partial charge on any atom is -0.477 e. The Hall–Kier alpha value is -2.67. The Kier molecular flexibility index (Phi) is 3.42. The molecule has 2 N–H and O–H groups in total. The first-order chi connectivity index (χ1) is 10.5. The lowest BCUT2D eigenvalue weighted by Crippen LogP contribution is -2.24. The number of hydrogen-bond acceptors (Lipinski definition) is 4. The molecule has 0 unspecified atom stereocenters. The predicted molar refractivity (Wildman–Crippen MR) is 76.8 cm³/mol. The van der Waals surface area contributed by atoms with Gasteiger partial charge in [-0.1, -0.05) is 11.6 Å². The number of nitrogens with one attached hydrogen (secondary N) is 1. The van der Waals surface area contributed by atoms with E-state index in [1.54, 1.807) is 0 Å². The lowest BCUT2D eigenvalue weighted by atomic mass is 10.1. The van der Waals surface area contributed by atoms with Crippen molar-refractivity contribution in [3.8, 4) is 0 Å². The van der Waals surface area contributed by atoms with Crippen molar-refractivity contribution in [3.05, 3.63) is 62.3 Å². The molecule has 3 heterocycles. The summed E-state index contributed by atoms with van der Waals surface area (Å²) in [5.41, 5.74) is 0.862. The number of nitrogens with zero attached hydrogens (tertiary/aromatic N) is 2. The largest absolute Gasteiger partial charge is 0.477 e. The van der Waals surface area contributed by atoms with Crippen LogP contribution in [0.2, 0.25) is 5.02 Å². The molecule has 0 fully saturated rings. The maximum absolute atomic E-state index is 12.3. The van der Waals surface area contributed by atoms with Crippen molar-refractivity contribution in [2.45, 2.75) is 13.1 Å². The van der Waals surface area contributed by atoms with Gasteiger partial charge >= 0.3 is 5.97 Å². The number of amides is 1. The van der Waals surface area contributed by atoms with Crippen LogP contribution in [-0.2, 0) is 13.1 Å². The molecule has 1 aliphatic heterocycles. The summed E-state index contributed by atoms with van der Waals surface area (Å²) in [6.07, 6.45) is 2.78. The highest BCUT2D eigenvalue weighted by atomic mass is 35.5. The lowest BCUT2D eigenvalue weighted by molar-refractivity contribution is 0.0685. The van der Waals surface area contributed by atoms with Gasteiger partial charge in [-0.2, -0.15) is 0 Å². The van der Waals surface area contributed by atoms with Gasteiger partial charge in [0.05, 0.1) is 0 Å². The van der Waals surface area contributed by atoms with E-state index in [4.69, 9.17) is 16.7 Å². The first kappa shape index (κ1) is 14.3. The van der Waals surface area contributed by atoms with Crippen molar-refractivity contribution in [1.29, 1.82) is 0 Å². The Morgan fingerprint density at radius 1 is 1.45 bits per heavy atom. The summed E-state index contributed by atoms with van der Waals surface area (Å²) in [4.78, 5) is 42.5. The molecular weight excluding hydrogens is 310 g/mol. The summed E-state index contributed by atoms with van der Waals surface area (Å²) in [7, 11) is 0. The number of halogens is 1. The first-order valence-corrected chi connectivity index (χ1v) is 6.72. The van der Waals surface area contributed by atoms with Gasteiger partial charge in [0.25, 0.3) is 11.5 Å². The molecule has 0 atom stereocenters. The van der Waals surface area contributed by atoms with Crippen molar-refractivity contribution >= 4 is 23.5 Å². The number of carbonyl (C=O) groups is 2. The molecule has 1 amide bonds. The average Bonchev–Trinajstić information content (AvgIpc) is 2.79. The topological polar surface area (TPSA) is 103 Å². The number of carboxylic acids is 1. The van der Waals surface area contributed by atoms with Gasteiger partial charge in [-0.15, -0.1) is 0 Å². The molecule has 3 rings (SSSR count). The van der Waals surface area contributed by atoms with Gasteiger partial charge in [0.15, 0.2) is 5.69 Å². The van der Waals surface area contributed by atoms with E-state index in [9.17, 15) is 14.4 Å². The quantitative estimate of drug-likeness (QED) is 0.887. The van der Waals surface area contributed by atoms with Crippen LogP contribution in [0.5, 0.6) is 0 Å². The highest BCUT2D eigenvalue weighted by Gasteiger charge is 2.31. The first-order valence-electron chi connectivity index (χ1n) is 6.35. The van der Waals surface area contributed by atoms with Crippen LogP contribution < -0.4 is 5.56 Å². The summed E-state index contributed by atoms with van der Waals surface area (Å²) >= 11 is 5.76. The van der Waals surface area contributed by atoms with E-state index < -0.39 is 11.5 Å². The van der Waals surface area contributed by atoms with E-state index in [0.717, 1.165) is 0 Å². The number of H-pyrrole nitrogens is 1. The van der Waals surface area contributed by atoms with Crippen LogP contribution in [0.3, 0.4) is 0 Å². The fourth-order valence-electron chi connectivity index (χ4n) is 2.41. The zero-order valence-electron chi connectivity index (χ0n) is 11.2. The molecule has 112 valence electrons. The summed E-state index contributed by atoms with van der Waals surface area (Å²) < 4.78 is 0. The molecule has 8 heteroatoms. The number of carbonyl (C=O) groups excluding carboxylic acids is 1. The maximum Gasteiger partial charge on any atom is 0.354 e. The molecule has 0 saturated heterocycles. The average molecular weight is 320 g/mol. The van der Waals surface area contributed by atoms with E-state index >= 15 is 0 Å². The lowest BCUT2D eigenvalue weighted by Gasteiger charge is -2.15. The van der Waals surface area contributed by atoms with Crippen molar-refractivity contribution in [2.24, 2.45) is 0 Å². The molecule has 2 aromatic rings. The number of aromatic amines is 1. The highest BCUT2D eigenvalue weighted by molar-refractivity contribution is 6.30. The van der Waals surface area contributed by atoms with Crippen molar-refractivity contribution in [2.75, 3.05) is 0 Å². The van der Waals surface area contributed by atoms with Gasteiger partial charge in [-0.05, 0) is 17.7 Å². The number of aromatic nitrogens is 2. The maximum atomic E-state index is 12.3. The van der Waals surface area contributed by atoms with E-state index in [2.05, 4.69) is 9.97 Å². The summed E-state index contributed by atoms with van der Waals surface area (Å²) in [5, 5.41) is 9.17. The molecule has 0 radical (unpaired) electrons. The molecule has 0 saturated carbocycles. The zero-order valence-corrected chi connectivity index (χ0v) is 11.9. The molecule has 7 nitrogen and oxygen atoms in total. The second kappa shape index (κ2) is 5.27. The van der Waals surface area contributed by atoms with Crippen LogP contribution >= 0.6 is 11.6 Å². The van der Waals surface area contributed by atoms with Gasteiger partial charge in [-0.25, -0.2) is 9.78 Å². The van der Waals surface area contributed by atoms with Gasteiger partial charge in [0.1, 0.15) is 5.02 Å². The monoisotopic (exact) mass is 319 g/mol. The number of rotatable bonds is 3. The molecule has 0 aliphatic carbocycles. The number of fused-ring (bicyclic) bond motifs is 1. The third kappa shape index (κ3) is 2.35. The SMILES string of the molecule is O=C(O)c1nccc2c1CN(Cc1c[nH]c(=O)c(Cl)c1)C2=O. The molecular formula is C14H10ClN3O4. The summed E-state index contributed by atoms with van der Waals surface area (Å²) in [6, 6.07) is 2.98. The number of carboxylic acid groups (broad SMARTS) is 1. The second-order valence-corrected chi connectivity index (χ2v) is 5.24. The van der Waals surface area contributed by atoms with Crippen LogP contribution in [0.15, 0.2) is 29.3 Å². The fraction of sp³-hybridized carbons (Fsp3) is 0.143. The smallest absolute Gasteiger partial charge is 0.354 e. The Balaban J connectivity index is 1.91. The van der Waals surface area contributed by atoms with Crippen LogP contribution in [0.4, 0.5) is 0 Å². The summed E-state index contributed by atoms with van der Waals surface area (Å²) in [5.74, 6) is -1.44. The Morgan fingerprint density at radius 3 is 2.91 bits per heavy atom. The Bertz CT molecular complexity index is 846. The Labute approximate surface area is 129 Å². The number of pyridine rings is 2. The third-order valence-corrected chi connectivity index (χ3v) is 3.70. The minimum absolute atomic E-state index is 0.0366. The van der Waals surface area contributed by atoms with Crippen molar-refractivity contribution in [3.63, 3.8) is 0 Å². The van der Waals surface area contributed by atoms with Crippen LogP contribution in [0, 0.1) is 0 Å². The van der Waals surface area contributed by atoms with E-state index in [1.165, 1.54) is 29.4 Å². The van der Waals surface area contributed by atoms with Crippen LogP contribution in [0.1, 0.15) is 32.0 Å². The molecule has 22 heavy (non-hydrogen) atoms. The van der Waals surface area contributed by atoms with Gasteiger partial charge < -0.3 is 15.0 Å². The highest BCUT2D eigenvalue weighted by Crippen LogP contribution is 2.26. The third-order valence-electron chi connectivity index (χ3n) is 3.42. The minimum atomic E-state index is -1.17. The molecule has 0 spiro atoms. The summed E-state index contributed by atoms with van der Waals surface area (Å²) in [6.45, 7) is 0.365. The Morgan fingerprint density at radius 2 is 2.23 bits per heavy atom. The second-order valence-electron chi connectivity index (χ2n) is 4.84. The van der Waals surface area contributed by atoms with Gasteiger partial charge in [-0.3, -0.25) is 9.59 Å². The number of aromatic carboxylic acids is 1. The standard InChI is InChI=1S/C14H10ClN3O4/c15-10-3-7(4-17-12(10)19)5-18-6-9-8(13(18)20)1-2-16-11(9)14(21)22/h1-4H,5-6H2,(H,17,19)(H,21,22). The zero-order chi connectivity index (χ0) is 15.9. The fourth-order valence-corrected chi connectivity index (χ4v) is 2.60. The van der Waals surface area contributed by atoms with E-state index in [0.29, 0.717) is 16.7 Å². The van der Waals surface area contributed by atoms with Crippen molar-refractivity contribution < 1.29 is 14.7 Å². The van der Waals surface area contributed by atoms with Gasteiger partial charge in [0.2, 0.25) is 0 Å². The molecule has 0 bridgehead atoms. The molecule has 0 aromatic carbocycles. The van der Waals surface area contributed by atoms with E-state index in [-0.39, 0.29) is 29.7 Å². The molecule has 2 aromatic heterocycles. The number of hydrogen-bond donors (Lipinski definition) is 2. The normalized spacial score (nSPS) is 13.3. The van der Waals surface area contributed by atoms with Gasteiger partial charge in [0, 0.05) is 36.6 Å². The van der Waals surface area contributed by atoms with Crippen LogP contribution in [0.25, 0.3) is 0 Å².